The SMILES string of the molecule is CN(C)S(=O)(=O)N1CCC[C@]2(CCC(=O)N(Cc3ccccc3)C2)C1. The summed E-state index contributed by atoms with van der Waals surface area (Å²) < 4.78 is 27.9. The molecule has 138 valence electrons. The van der Waals surface area contributed by atoms with Gasteiger partial charge in [0.25, 0.3) is 10.2 Å². The number of carbonyl (C=O) groups is 1. The third-order valence-corrected chi connectivity index (χ3v) is 7.27. The van der Waals surface area contributed by atoms with Crippen LogP contribution in [0.2, 0.25) is 0 Å². The summed E-state index contributed by atoms with van der Waals surface area (Å²) in [5.74, 6) is 0.169. The van der Waals surface area contributed by atoms with Crippen LogP contribution in [0, 0.1) is 5.41 Å². The molecule has 1 spiro atoms. The second-order valence-electron chi connectivity index (χ2n) is 7.46. The Hall–Kier alpha value is -1.44. The van der Waals surface area contributed by atoms with Gasteiger partial charge in [0, 0.05) is 52.1 Å². The van der Waals surface area contributed by atoms with E-state index in [1.165, 1.54) is 4.31 Å². The summed E-state index contributed by atoms with van der Waals surface area (Å²) in [6, 6.07) is 9.97. The van der Waals surface area contributed by atoms with Crippen LogP contribution in [0.3, 0.4) is 0 Å². The first-order chi connectivity index (χ1) is 11.8. The molecule has 0 radical (unpaired) electrons. The molecule has 6 nitrogen and oxygen atoms in total. The van der Waals surface area contributed by atoms with Gasteiger partial charge >= 0.3 is 0 Å². The molecule has 0 N–H and O–H groups in total. The first-order valence-corrected chi connectivity index (χ1v) is 10.2. The molecule has 0 aromatic heterocycles. The molecule has 1 aromatic rings. The van der Waals surface area contributed by atoms with Gasteiger partial charge in [0.2, 0.25) is 5.91 Å². The lowest BCUT2D eigenvalue weighted by molar-refractivity contribution is -0.139. The maximum atomic E-state index is 12.5. The molecule has 1 aromatic carbocycles. The second-order valence-corrected chi connectivity index (χ2v) is 9.61. The van der Waals surface area contributed by atoms with Crippen LogP contribution < -0.4 is 0 Å². The van der Waals surface area contributed by atoms with Crippen LogP contribution in [0.4, 0.5) is 0 Å². The van der Waals surface area contributed by atoms with Gasteiger partial charge < -0.3 is 4.90 Å². The van der Waals surface area contributed by atoms with Gasteiger partial charge in [-0.2, -0.15) is 17.0 Å². The van der Waals surface area contributed by atoms with E-state index in [-0.39, 0.29) is 11.3 Å². The Morgan fingerprint density at radius 2 is 1.84 bits per heavy atom. The van der Waals surface area contributed by atoms with Crippen LogP contribution in [0.15, 0.2) is 30.3 Å². The maximum absolute atomic E-state index is 12.5. The van der Waals surface area contributed by atoms with Crippen LogP contribution in [0.5, 0.6) is 0 Å². The van der Waals surface area contributed by atoms with Crippen LogP contribution >= 0.6 is 0 Å². The average Bonchev–Trinajstić information content (AvgIpc) is 2.59. The van der Waals surface area contributed by atoms with Crippen LogP contribution in [-0.4, -0.2) is 61.6 Å². The minimum Gasteiger partial charge on any atom is -0.338 e. The molecule has 0 saturated carbocycles. The summed E-state index contributed by atoms with van der Waals surface area (Å²) in [4.78, 5) is 14.3. The lowest BCUT2D eigenvalue weighted by Crippen LogP contribution is -2.56. The van der Waals surface area contributed by atoms with E-state index in [2.05, 4.69) is 0 Å². The molecule has 2 aliphatic heterocycles. The maximum Gasteiger partial charge on any atom is 0.281 e. The predicted molar refractivity (Wildman–Crippen MR) is 96.9 cm³/mol. The number of likely N-dealkylation sites (tertiary alicyclic amines) is 1. The van der Waals surface area contributed by atoms with Gasteiger partial charge in [-0.3, -0.25) is 4.79 Å². The van der Waals surface area contributed by atoms with E-state index in [0.29, 0.717) is 32.6 Å². The monoisotopic (exact) mass is 365 g/mol. The number of amides is 1. The fraction of sp³-hybridized carbons (Fsp3) is 0.611. The molecule has 0 aliphatic carbocycles. The highest BCUT2D eigenvalue weighted by molar-refractivity contribution is 7.86. The Balaban J connectivity index is 1.76. The number of hydrogen-bond donors (Lipinski definition) is 0. The molecule has 0 unspecified atom stereocenters. The second kappa shape index (κ2) is 7.05. The molecule has 1 amide bonds. The van der Waals surface area contributed by atoms with Crippen LogP contribution in [0.1, 0.15) is 31.2 Å². The summed E-state index contributed by atoms with van der Waals surface area (Å²) in [5.41, 5.74) is 0.991. The number of hydrogen-bond acceptors (Lipinski definition) is 3. The van der Waals surface area contributed by atoms with Gasteiger partial charge in [-0.05, 0) is 24.8 Å². The van der Waals surface area contributed by atoms with Crippen molar-refractivity contribution < 1.29 is 13.2 Å². The summed E-state index contributed by atoms with van der Waals surface area (Å²) in [6.07, 6.45) is 3.10. The number of rotatable bonds is 4. The fourth-order valence-corrected chi connectivity index (χ4v) is 5.23. The van der Waals surface area contributed by atoms with Crippen molar-refractivity contribution in [3.63, 3.8) is 0 Å². The quantitative estimate of drug-likeness (QED) is 0.816. The largest absolute Gasteiger partial charge is 0.338 e. The Morgan fingerprint density at radius 3 is 2.52 bits per heavy atom. The van der Waals surface area contributed by atoms with E-state index in [0.717, 1.165) is 24.8 Å². The molecule has 0 bridgehead atoms. The molecule has 2 aliphatic rings. The lowest BCUT2D eigenvalue weighted by atomic mass is 9.74. The number of piperidine rings is 2. The normalized spacial score (nSPS) is 25.7. The van der Waals surface area contributed by atoms with E-state index in [4.69, 9.17) is 0 Å². The molecular weight excluding hydrogens is 338 g/mol. The van der Waals surface area contributed by atoms with Crippen LogP contribution in [0.25, 0.3) is 0 Å². The van der Waals surface area contributed by atoms with E-state index in [9.17, 15) is 13.2 Å². The van der Waals surface area contributed by atoms with Crippen molar-refractivity contribution in [2.24, 2.45) is 5.41 Å². The van der Waals surface area contributed by atoms with Crippen molar-refractivity contribution in [2.75, 3.05) is 33.7 Å². The van der Waals surface area contributed by atoms with Gasteiger partial charge in [0.1, 0.15) is 0 Å². The predicted octanol–water partition coefficient (Wildman–Crippen LogP) is 1.70. The van der Waals surface area contributed by atoms with Gasteiger partial charge in [-0.1, -0.05) is 30.3 Å². The average molecular weight is 365 g/mol. The topological polar surface area (TPSA) is 60.9 Å². The highest BCUT2D eigenvalue weighted by Crippen LogP contribution is 2.40. The van der Waals surface area contributed by atoms with E-state index in [1.54, 1.807) is 18.4 Å². The van der Waals surface area contributed by atoms with E-state index < -0.39 is 10.2 Å². The smallest absolute Gasteiger partial charge is 0.281 e. The standard InChI is InChI=1S/C18H27N3O3S/c1-19(2)25(23,24)21-12-6-10-18(15-21)11-9-17(22)20(14-18)13-16-7-4-3-5-8-16/h3-5,7-8H,6,9-15H2,1-2H3/t18-/m1/s1. The Labute approximate surface area is 150 Å². The Bertz CT molecular complexity index is 720. The van der Waals surface area contributed by atoms with Crippen LogP contribution in [-0.2, 0) is 21.5 Å². The van der Waals surface area contributed by atoms with Gasteiger partial charge in [-0.25, -0.2) is 0 Å². The summed E-state index contributed by atoms with van der Waals surface area (Å²) >= 11 is 0. The molecule has 2 saturated heterocycles. The van der Waals surface area contributed by atoms with E-state index >= 15 is 0 Å². The van der Waals surface area contributed by atoms with Gasteiger partial charge in [-0.15, -0.1) is 0 Å². The molecule has 2 heterocycles. The summed E-state index contributed by atoms with van der Waals surface area (Å²) in [5, 5.41) is 0. The third-order valence-electron chi connectivity index (χ3n) is 5.38. The number of carbonyl (C=O) groups excluding carboxylic acids is 1. The zero-order valence-electron chi connectivity index (χ0n) is 15.0. The molecular formula is C18H27N3O3S. The van der Waals surface area contributed by atoms with Crippen molar-refractivity contribution in [1.29, 1.82) is 0 Å². The highest BCUT2D eigenvalue weighted by atomic mass is 32.2. The summed E-state index contributed by atoms with van der Waals surface area (Å²) in [6.45, 7) is 2.31. The van der Waals surface area contributed by atoms with Crippen molar-refractivity contribution in [3.8, 4) is 0 Å². The molecule has 7 heteroatoms. The van der Waals surface area contributed by atoms with Crippen molar-refractivity contribution >= 4 is 16.1 Å². The number of benzene rings is 1. The Kier molecular flexibility index (Phi) is 5.18. The lowest BCUT2D eigenvalue weighted by Gasteiger charge is -2.48. The van der Waals surface area contributed by atoms with E-state index in [1.807, 2.05) is 35.2 Å². The zero-order valence-corrected chi connectivity index (χ0v) is 15.8. The summed E-state index contributed by atoms with van der Waals surface area (Å²) in [7, 11) is -0.258. The minimum atomic E-state index is -3.40. The molecule has 2 fully saturated rings. The van der Waals surface area contributed by atoms with Gasteiger partial charge in [0.15, 0.2) is 0 Å². The first-order valence-electron chi connectivity index (χ1n) is 8.82. The fourth-order valence-electron chi connectivity index (χ4n) is 3.97. The minimum absolute atomic E-state index is 0.121. The molecule has 3 rings (SSSR count). The Morgan fingerprint density at radius 1 is 1.12 bits per heavy atom. The van der Waals surface area contributed by atoms with Crippen molar-refractivity contribution in [2.45, 2.75) is 32.2 Å². The first kappa shape index (κ1) is 18.4. The number of nitrogens with zero attached hydrogens (tertiary/aromatic N) is 3. The van der Waals surface area contributed by atoms with Crippen molar-refractivity contribution in [3.05, 3.63) is 35.9 Å². The molecule has 25 heavy (non-hydrogen) atoms. The highest BCUT2D eigenvalue weighted by Gasteiger charge is 2.44. The molecule has 1 atom stereocenters. The third kappa shape index (κ3) is 3.88. The zero-order chi connectivity index (χ0) is 18.1. The van der Waals surface area contributed by atoms with Gasteiger partial charge in [0.05, 0.1) is 0 Å². The van der Waals surface area contributed by atoms with Crippen molar-refractivity contribution in [1.82, 2.24) is 13.5 Å².